The highest BCUT2D eigenvalue weighted by molar-refractivity contribution is 9.10. The van der Waals surface area contributed by atoms with Crippen LogP contribution in [-0.4, -0.2) is 9.78 Å². The van der Waals surface area contributed by atoms with E-state index in [4.69, 9.17) is 16.3 Å². The van der Waals surface area contributed by atoms with E-state index in [9.17, 15) is 4.39 Å². The van der Waals surface area contributed by atoms with E-state index in [1.807, 2.05) is 13.8 Å². The monoisotopic (exact) mass is 346 g/mol. The van der Waals surface area contributed by atoms with Crippen LogP contribution >= 0.6 is 27.5 Å². The van der Waals surface area contributed by atoms with Crippen molar-refractivity contribution in [2.75, 3.05) is 0 Å². The van der Waals surface area contributed by atoms with Crippen LogP contribution in [0.1, 0.15) is 18.3 Å². The largest absolute Gasteiger partial charge is 0.484 e. The SMILES string of the molecule is CCn1nc(C)c(Cl)c1COc1cc(Br)ccc1F. The lowest BCUT2D eigenvalue weighted by molar-refractivity contribution is 0.278. The summed E-state index contributed by atoms with van der Waals surface area (Å²) < 4.78 is 21.6. The zero-order chi connectivity index (χ0) is 14.0. The number of nitrogens with zero attached hydrogens (tertiary/aromatic N) is 2. The molecule has 0 saturated carbocycles. The van der Waals surface area contributed by atoms with E-state index >= 15 is 0 Å². The maximum Gasteiger partial charge on any atom is 0.165 e. The number of rotatable bonds is 4. The van der Waals surface area contributed by atoms with Gasteiger partial charge in [-0.15, -0.1) is 0 Å². The lowest BCUT2D eigenvalue weighted by Gasteiger charge is -2.09. The van der Waals surface area contributed by atoms with Gasteiger partial charge in [-0.25, -0.2) is 4.39 Å². The Bertz CT molecular complexity index is 601. The van der Waals surface area contributed by atoms with E-state index in [0.29, 0.717) is 11.6 Å². The van der Waals surface area contributed by atoms with E-state index < -0.39 is 5.82 Å². The Labute approximate surface area is 124 Å². The minimum Gasteiger partial charge on any atom is -0.484 e. The average molecular weight is 348 g/mol. The van der Waals surface area contributed by atoms with E-state index in [-0.39, 0.29) is 12.4 Å². The Morgan fingerprint density at radius 3 is 2.89 bits per heavy atom. The molecule has 2 aromatic rings. The van der Waals surface area contributed by atoms with Gasteiger partial charge in [-0.2, -0.15) is 5.10 Å². The molecule has 1 aromatic carbocycles. The van der Waals surface area contributed by atoms with Crippen molar-refractivity contribution < 1.29 is 9.13 Å². The molecule has 0 saturated heterocycles. The molecule has 19 heavy (non-hydrogen) atoms. The fourth-order valence-electron chi connectivity index (χ4n) is 1.74. The van der Waals surface area contributed by atoms with Gasteiger partial charge in [0.05, 0.1) is 16.4 Å². The molecule has 0 aliphatic heterocycles. The molecule has 1 aromatic heterocycles. The van der Waals surface area contributed by atoms with Gasteiger partial charge in [0.15, 0.2) is 11.6 Å². The normalized spacial score (nSPS) is 10.8. The predicted molar refractivity (Wildman–Crippen MR) is 76.1 cm³/mol. The number of aromatic nitrogens is 2. The summed E-state index contributed by atoms with van der Waals surface area (Å²) in [4.78, 5) is 0. The molecule has 102 valence electrons. The summed E-state index contributed by atoms with van der Waals surface area (Å²) in [5.74, 6) is -0.217. The molecular weight excluding hydrogens is 335 g/mol. The quantitative estimate of drug-likeness (QED) is 0.822. The van der Waals surface area contributed by atoms with Crippen molar-refractivity contribution in [1.29, 1.82) is 0 Å². The summed E-state index contributed by atoms with van der Waals surface area (Å²) in [7, 11) is 0. The average Bonchev–Trinajstić information content (AvgIpc) is 2.66. The van der Waals surface area contributed by atoms with Crippen molar-refractivity contribution in [1.82, 2.24) is 9.78 Å². The second-order valence-corrected chi connectivity index (χ2v) is 5.32. The van der Waals surface area contributed by atoms with Crippen molar-refractivity contribution in [3.05, 3.63) is 44.9 Å². The van der Waals surface area contributed by atoms with Gasteiger partial charge in [0.25, 0.3) is 0 Å². The molecule has 0 atom stereocenters. The molecule has 0 spiro atoms. The first kappa shape index (κ1) is 14.3. The summed E-state index contributed by atoms with van der Waals surface area (Å²) in [6, 6.07) is 4.56. The third-order valence-corrected chi connectivity index (χ3v) is 3.70. The fourth-order valence-corrected chi connectivity index (χ4v) is 2.27. The lowest BCUT2D eigenvalue weighted by Crippen LogP contribution is -2.07. The first-order valence-corrected chi connectivity index (χ1v) is 6.99. The van der Waals surface area contributed by atoms with E-state index in [1.165, 1.54) is 6.07 Å². The topological polar surface area (TPSA) is 27.1 Å². The van der Waals surface area contributed by atoms with Crippen molar-refractivity contribution in [3.63, 3.8) is 0 Å². The number of halogens is 3. The predicted octanol–water partition coefficient (Wildman–Crippen LogP) is 4.35. The molecule has 6 heteroatoms. The zero-order valence-electron chi connectivity index (χ0n) is 10.6. The van der Waals surface area contributed by atoms with Crippen LogP contribution < -0.4 is 4.74 Å². The van der Waals surface area contributed by atoms with Crippen LogP contribution in [0.2, 0.25) is 5.02 Å². The first-order chi connectivity index (χ1) is 9.02. The molecule has 0 aliphatic carbocycles. The highest BCUT2D eigenvalue weighted by Gasteiger charge is 2.14. The molecule has 0 bridgehead atoms. The first-order valence-electron chi connectivity index (χ1n) is 5.82. The Morgan fingerprint density at radius 2 is 2.21 bits per heavy atom. The Kier molecular flexibility index (Phi) is 4.47. The molecule has 0 aliphatic rings. The second kappa shape index (κ2) is 5.92. The maximum absolute atomic E-state index is 13.6. The summed E-state index contributed by atoms with van der Waals surface area (Å²) >= 11 is 9.44. The molecule has 1 heterocycles. The van der Waals surface area contributed by atoms with Gasteiger partial charge >= 0.3 is 0 Å². The minimum absolute atomic E-state index is 0.181. The van der Waals surface area contributed by atoms with E-state index in [2.05, 4.69) is 21.0 Å². The maximum atomic E-state index is 13.6. The van der Waals surface area contributed by atoms with Crippen LogP contribution in [0.25, 0.3) is 0 Å². The van der Waals surface area contributed by atoms with Crippen LogP contribution in [0.3, 0.4) is 0 Å². The number of hydrogen-bond acceptors (Lipinski definition) is 2. The van der Waals surface area contributed by atoms with Crippen molar-refractivity contribution in [3.8, 4) is 5.75 Å². The van der Waals surface area contributed by atoms with Gasteiger partial charge in [0, 0.05) is 11.0 Å². The summed E-state index contributed by atoms with van der Waals surface area (Å²) in [5, 5.41) is 4.85. The van der Waals surface area contributed by atoms with Crippen LogP contribution in [0, 0.1) is 12.7 Å². The molecule has 0 amide bonds. The van der Waals surface area contributed by atoms with Crippen LogP contribution in [0.5, 0.6) is 5.75 Å². The van der Waals surface area contributed by atoms with Gasteiger partial charge in [-0.1, -0.05) is 27.5 Å². The van der Waals surface area contributed by atoms with Crippen molar-refractivity contribution in [2.45, 2.75) is 27.0 Å². The van der Waals surface area contributed by atoms with Crippen LogP contribution in [-0.2, 0) is 13.2 Å². The fraction of sp³-hybridized carbons (Fsp3) is 0.308. The molecule has 0 radical (unpaired) electrons. The highest BCUT2D eigenvalue weighted by atomic mass is 79.9. The van der Waals surface area contributed by atoms with Gasteiger partial charge in [-0.05, 0) is 32.0 Å². The third-order valence-electron chi connectivity index (χ3n) is 2.71. The molecule has 0 unspecified atom stereocenters. The summed E-state index contributed by atoms with van der Waals surface area (Å²) in [6.07, 6.45) is 0. The number of hydrogen-bond donors (Lipinski definition) is 0. The molecule has 0 N–H and O–H groups in total. The number of benzene rings is 1. The lowest BCUT2D eigenvalue weighted by atomic mass is 10.3. The summed E-state index contributed by atoms with van der Waals surface area (Å²) in [6.45, 7) is 4.66. The Morgan fingerprint density at radius 1 is 1.47 bits per heavy atom. The van der Waals surface area contributed by atoms with E-state index in [1.54, 1.807) is 16.8 Å². The van der Waals surface area contributed by atoms with Gasteiger partial charge in [0.2, 0.25) is 0 Å². The zero-order valence-corrected chi connectivity index (χ0v) is 12.9. The van der Waals surface area contributed by atoms with Gasteiger partial charge in [0.1, 0.15) is 6.61 Å². The van der Waals surface area contributed by atoms with Crippen LogP contribution in [0.4, 0.5) is 4.39 Å². The minimum atomic E-state index is -0.404. The standard InChI is InChI=1S/C13H13BrClFN2O/c1-3-18-11(13(15)8(2)17-18)7-19-12-6-9(14)4-5-10(12)16/h4-6H,3,7H2,1-2H3. The smallest absolute Gasteiger partial charge is 0.165 e. The van der Waals surface area contributed by atoms with Crippen molar-refractivity contribution in [2.24, 2.45) is 0 Å². The number of ether oxygens (including phenoxy) is 1. The van der Waals surface area contributed by atoms with Crippen molar-refractivity contribution >= 4 is 27.5 Å². The molecule has 2 rings (SSSR count). The summed E-state index contributed by atoms with van der Waals surface area (Å²) in [5.41, 5.74) is 1.50. The second-order valence-electron chi connectivity index (χ2n) is 4.03. The molecule has 0 fully saturated rings. The van der Waals surface area contributed by atoms with E-state index in [0.717, 1.165) is 15.9 Å². The Hall–Kier alpha value is -1.07. The van der Waals surface area contributed by atoms with Crippen LogP contribution in [0.15, 0.2) is 22.7 Å². The number of aryl methyl sites for hydroxylation is 2. The van der Waals surface area contributed by atoms with Gasteiger partial charge in [-0.3, -0.25) is 4.68 Å². The third kappa shape index (κ3) is 3.09. The Balaban J connectivity index is 2.21. The highest BCUT2D eigenvalue weighted by Crippen LogP contribution is 2.25. The molecule has 3 nitrogen and oxygen atoms in total. The van der Waals surface area contributed by atoms with Gasteiger partial charge < -0.3 is 4.74 Å². The molecular formula is C13H13BrClFN2O.